The Kier molecular flexibility index (Phi) is 6.03. The molecule has 3 aliphatic heterocycles. The molecular formula is C23H30ClN3O6S. The van der Waals surface area contributed by atoms with Crippen molar-refractivity contribution in [2.24, 2.45) is 4.99 Å². The van der Waals surface area contributed by atoms with Gasteiger partial charge in [0.05, 0.1) is 6.04 Å². The maximum absolute atomic E-state index is 14.0. The highest BCUT2D eigenvalue weighted by Gasteiger charge is 2.76. The van der Waals surface area contributed by atoms with Crippen LogP contribution in [0.25, 0.3) is 0 Å². The number of β-lactam (4-membered cyclic amide) rings is 2. The van der Waals surface area contributed by atoms with Gasteiger partial charge in [-0.2, -0.15) is 0 Å². The standard InChI is InChI=1S/C23H30ClN3O6S/c1-14(28)33-12-15-13-34(31,32)20-18(24)19(29)27(20)23(15)21(25-16-8-4-2-5-9-16)26(22(23)30)17-10-6-3-7-11-17/h13,16-18,20H,2-12H2,1H3/t18-,20+,23?/m0/s1. The van der Waals surface area contributed by atoms with E-state index >= 15 is 0 Å². The highest BCUT2D eigenvalue weighted by atomic mass is 35.5. The lowest BCUT2D eigenvalue weighted by atomic mass is 9.73. The molecule has 9 nitrogen and oxygen atoms in total. The third-order valence-corrected chi connectivity index (χ3v) is 10.1. The van der Waals surface area contributed by atoms with Crippen LogP contribution in [0.1, 0.15) is 71.1 Å². The number of carbonyl (C=O) groups excluding carboxylic acids is 3. The van der Waals surface area contributed by atoms with E-state index in [0.29, 0.717) is 5.84 Å². The first kappa shape index (κ1) is 23.8. The SMILES string of the molecule is CC(=O)OCC1=CS(=O)(=O)[C@@H]2[C@@H](Cl)C(=O)N2C12C(=O)N(C1CCCCC1)C2=NC1CCCCC1. The van der Waals surface area contributed by atoms with Crippen molar-refractivity contribution in [2.45, 2.75) is 99.5 Å². The van der Waals surface area contributed by atoms with E-state index in [2.05, 4.69) is 0 Å². The lowest BCUT2D eigenvalue weighted by molar-refractivity contribution is -0.163. The molecule has 0 bridgehead atoms. The van der Waals surface area contributed by atoms with Crippen molar-refractivity contribution >= 4 is 45.1 Å². The molecule has 0 radical (unpaired) electrons. The fourth-order valence-corrected chi connectivity index (χ4v) is 8.55. The first-order chi connectivity index (χ1) is 16.2. The van der Waals surface area contributed by atoms with Crippen LogP contribution >= 0.6 is 11.6 Å². The van der Waals surface area contributed by atoms with Gasteiger partial charge in [-0.1, -0.05) is 38.5 Å². The first-order valence-corrected chi connectivity index (χ1v) is 14.2. The fraction of sp³-hybridized carbons (Fsp3) is 0.739. The van der Waals surface area contributed by atoms with Crippen molar-refractivity contribution in [2.75, 3.05) is 6.61 Å². The second kappa shape index (κ2) is 8.62. The lowest BCUT2D eigenvalue weighted by Crippen LogP contribution is -2.88. The molecule has 3 heterocycles. The number of hydrogen-bond acceptors (Lipinski definition) is 7. The molecule has 5 rings (SSSR count). The van der Waals surface area contributed by atoms with Gasteiger partial charge in [0.25, 0.3) is 5.91 Å². The summed E-state index contributed by atoms with van der Waals surface area (Å²) in [5, 5.41) is -1.61. The molecule has 11 heteroatoms. The van der Waals surface area contributed by atoms with Crippen LogP contribution in [0.15, 0.2) is 16.0 Å². The highest BCUT2D eigenvalue weighted by Crippen LogP contribution is 2.52. The minimum Gasteiger partial charge on any atom is -0.461 e. The quantitative estimate of drug-likeness (QED) is 0.325. The number of amidine groups is 1. The lowest BCUT2D eigenvalue weighted by Gasteiger charge is -2.64. The Morgan fingerprint density at radius 1 is 1.12 bits per heavy atom. The molecule has 4 fully saturated rings. The molecule has 1 spiro atoms. The van der Waals surface area contributed by atoms with E-state index in [0.717, 1.165) is 74.5 Å². The average molecular weight is 512 g/mol. The Balaban J connectivity index is 1.65. The molecule has 2 saturated carbocycles. The van der Waals surface area contributed by atoms with E-state index in [1.165, 1.54) is 6.92 Å². The molecule has 0 aromatic carbocycles. The number of likely N-dealkylation sites (tertiary alicyclic amines) is 1. The zero-order chi connectivity index (χ0) is 24.3. The van der Waals surface area contributed by atoms with Crippen LogP contribution in [0.5, 0.6) is 0 Å². The molecule has 2 saturated heterocycles. The Labute approximate surface area is 204 Å². The van der Waals surface area contributed by atoms with Crippen molar-refractivity contribution in [3.63, 3.8) is 0 Å². The zero-order valence-electron chi connectivity index (χ0n) is 19.2. The van der Waals surface area contributed by atoms with Gasteiger partial charge in [-0.05, 0) is 25.7 Å². The Bertz CT molecular complexity index is 1080. The summed E-state index contributed by atoms with van der Waals surface area (Å²) in [6, 6.07) is -0.0423. The summed E-state index contributed by atoms with van der Waals surface area (Å²) in [4.78, 5) is 46.5. The third-order valence-electron chi connectivity index (χ3n) is 7.78. The highest BCUT2D eigenvalue weighted by molar-refractivity contribution is 7.95. The molecule has 34 heavy (non-hydrogen) atoms. The number of amides is 2. The number of halogens is 1. The van der Waals surface area contributed by atoms with Gasteiger partial charge in [0.15, 0.2) is 15.2 Å². The number of alkyl halides is 1. The van der Waals surface area contributed by atoms with Crippen molar-refractivity contribution in [3.05, 3.63) is 11.0 Å². The predicted octanol–water partition coefficient (Wildman–Crippen LogP) is 2.28. The van der Waals surface area contributed by atoms with Crippen LogP contribution in [-0.2, 0) is 29.0 Å². The number of rotatable bonds is 4. The van der Waals surface area contributed by atoms with Crippen LogP contribution in [0.2, 0.25) is 0 Å². The van der Waals surface area contributed by atoms with Gasteiger partial charge in [-0.25, -0.2) is 8.42 Å². The van der Waals surface area contributed by atoms with E-state index in [1.54, 1.807) is 4.90 Å². The number of nitrogens with zero attached hydrogens (tertiary/aromatic N) is 3. The van der Waals surface area contributed by atoms with E-state index in [-0.39, 0.29) is 23.6 Å². The van der Waals surface area contributed by atoms with E-state index in [1.807, 2.05) is 0 Å². The molecule has 0 aromatic rings. The number of ether oxygens (including phenoxy) is 1. The van der Waals surface area contributed by atoms with Crippen molar-refractivity contribution < 1.29 is 27.5 Å². The Hall–Kier alpha value is -1.94. The second-order valence-corrected chi connectivity index (χ2v) is 12.3. The molecule has 0 aromatic heterocycles. The van der Waals surface area contributed by atoms with Crippen molar-refractivity contribution in [1.29, 1.82) is 0 Å². The first-order valence-electron chi connectivity index (χ1n) is 12.2. The van der Waals surface area contributed by atoms with Gasteiger partial charge in [0.2, 0.25) is 11.4 Å². The van der Waals surface area contributed by atoms with Gasteiger partial charge in [0, 0.05) is 23.9 Å². The molecule has 2 aliphatic carbocycles. The van der Waals surface area contributed by atoms with Crippen LogP contribution in [0.3, 0.4) is 0 Å². The number of fused-ring (bicyclic) bond motifs is 2. The maximum Gasteiger partial charge on any atom is 0.302 e. The molecule has 5 aliphatic rings. The summed E-state index contributed by atoms with van der Waals surface area (Å²) in [5.74, 6) is -1.17. The fourth-order valence-electron chi connectivity index (χ4n) is 6.12. The summed E-state index contributed by atoms with van der Waals surface area (Å²) in [5.41, 5.74) is -1.62. The minimum atomic E-state index is -3.98. The van der Waals surface area contributed by atoms with E-state index in [9.17, 15) is 22.8 Å². The average Bonchev–Trinajstić information content (AvgIpc) is 2.82. The molecular weight excluding hydrogens is 482 g/mol. The summed E-state index contributed by atoms with van der Waals surface area (Å²) in [7, 11) is -3.98. The number of hydrogen-bond donors (Lipinski definition) is 0. The topological polar surface area (TPSA) is 113 Å². The molecule has 3 atom stereocenters. The van der Waals surface area contributed by atoms with E-state index in [4.69, 9.17) is 21.3 Å². The Morgan fingerprint density at radius 3 is 2.35 bits per heavy atom. The van der Waals surface area contributed by atoms with Crippen molar-refractivity contribution in [3.8, 4) is 0 Å². The van der Waals surface area contributed by atoms with Crippen LogP contribution in [0, 0.1) is 0 Å². The van der Waals surface area contributed by atoms with Gasteiger partial charge < -0.3 is 4.74 Å². The summed E-state index contributed by atoms with van der Waals surface area (Å²) >= 11 is 6.16. The maximum atomic E-state index is 14.0. The molecule has 2 amide bonds. The van der Waals surface area contributed by atoms with Gasteiger partial charge in [0.1, 0.15) is 17.8 Å². The second-order valence-electron chi connectivity index (χ2n) is 9.93. The summed E-state index contributed by atoms with van der Waals surface area (Å²) < 4.78 is 31.2. The molecule has 1 unspecified atom stereocenters. The predicted molar refractivity (Wildman–Crippen MR) is 125 cm³/mol. The monoisotopic (exact) mass is 511 g/mol. The Morgan fingerprint density at radius 2 is 1.74 bits per heavy atom. The summed E-state index contributed by atoms with van der Waals surface area (Å²) in [6.07, 6.45) is 9.73. The third kappa shape index (κ3) is 3.43. The number of esters is 1. The largest absolute Gasteiger partial charge is 0.461 e. The summed E-state index contributed by atoms with van der Waals surface area (Å²) in [6.45, 7) is 0.802. The zero-order valence-corrected chi connectivity index (χ0v) is 20.8. The minimum absolute atomic E-state index is 0.00467. The normalized spacial score (nSPS) is 35.0. The van der Waals surface area contributed by atoms with Crippen LogP contribution < -0.4 is 0 Å². The number of carbonyl (C=O) groups is 3. The smallest absolute Gasteiger partial charge is 0.302 e. The molecule has 0 N–H and O–H groups in total. The van der Waals surface area contributed by atoms with Gasteiger partial charge in [-0.3, -0.25) is 29.2 Å². The van der Waals surface area contributed by atoms with Gasteiger partial charge >= 0.3 is 5.97 Å². The van der Waals surface area contributed by atoms with Gasteiger partial charge in [-0.15, -0.1) is 11.6 Å². The number of aliphatic imine (C=N–C) groups is 1. The number of sulfone groups is 1. The van der Waals surface area contributed by atoms with E-state index < -0.39 is 44.6 Å². The van der Waals surface area contributed by atoms with Crippen LogP contribution in [-0.4, -0.2) is 76.8 Å². The van der Waals surface area contributed by atoms with Crippen LogP contribution in [0.4, 0.5) is 0 Å². The molecule has 186 valence electrons. The van der Waals surface area contributed by atoms with Crippen molar-refractivity contribution in [1.82, 2.24) is 9.80 Å².